The number of hydrogen-bond donors (Lipinski definition) is 1. The van der Waals surface area contributed by atoms with E-state index in [1.807, 2.05) is 22.9 Å². The van der Waals surface area contributed by atoms with Gasteiger partial charge < -0.3 is 10.3 Å². The molecule has 0 atom stereocenters. The Kier molecular flexibility index (Phi) is 2.94. The topological polar surface area (TPSA) is 80.5 Å². The number of rotatable bonds is 3. The highest BCUT2D eigenvalue weighted by Gasteiger charge is 1.99. The molecule has 5 heteroatoms. The van der Waals surface area contributed by atoms with Gasteiger partial charge in [-0.2, -0.15) is 5.26 Å². The zero-order valence-electron chi connectivity index (χ0n) is 8.67. The van der Waals surface area contributed by atoms with Gasteiger partial charge in [-0.25, -0.2) is 9.97 Å². The number of nitrogens with zero attached hydrogens (tertiary/aromatic N) is 4. The first-order chi connectivity index (χ1) is 7.81. The van der Waals surface area contributed by atoms with Crippen LogP contribution in [0.3, 0.4) is 0 Å². The normalized spacial score (nSPS) is 10.0. The average Bonchev–Trinajstić information content (AvgIpc) is 2.77. The molecule has 0 aliphatic rings. The zero-order chi connectivity index (χ0) is 11.4. The highest BCUT2D eigenvalue weighted by Crippen LogP contribution is 2.04. The molecule has 0 amide bonds. The summed E-state index contributed by atoms with van der Waals surface area (Å²) in [6.07, 6.45) is 5.26. The molecule has 0 radical (unpaired) electrons. The van der Waals surface area contributed by atoms with Gasteiger partial charge in [0.2, 0.25) is 0 Å². The van der Waals surface area contributed by atoms with Crippen molar-refractivity contribution in [3.63, 3.8) is 0 Å². The van der Waals surface area contributed by atoms with E-state index in [-0.39, 0.29) is 0 Å². The summed E-state index contributed by atoms with van der Waals surface area (Å²) >= 11 is 0. The van der Waals surface area contributed by atoms with E-state index in [1.165, 1.54) is 0 Å². The number of aromatic nitrogens is 3. The van der Waals surface area contributed by atoms with Gasteiger partial charge in [0.1, 0.15) is 11.8 Å². The van der Waals surface area contributed by atoms with Crippen LogP contribution in [0.2, 0.25) is 0 Å². The monoisotopic (exact) mass is 213 g/mol. The molecule has 0 spiro atoms. The number of hydrogen-bond acceptors (Lipinski definition) is 4. The summed E-state index contributed by atoms with van der Waals surface area (Å²) in [5.74, 6) is 0. The van der Waals surface area contributed by atoms with Crippen molar-refractivity contribution in [3.05, 3.63) is 47.8 Å². The molecule has 0 unspecified atom stereocenters. The maximum atomic E-state index is 8.72. The van der Waals surface area contributed by atoms with Crippen LogP contribution >= 0.6 is 0 Å². The maximum absolute atomic E-state index is 8.72. The fourth-order valence-electron chi connectivity index (χ4n) is 1.44. The lowest BCUT2D eigenvalue weighted by molar-refractivity contribution is 0.794. The number of imidazole rings is 1. The minimum Gasteiger partial charge on any atom is -0.333 e. The lowest BCUT2D eigenvalue weighted by atomic mass is 10.2. The van der Waals surface area contributed by atoms with Crippen molar-refractivity contribution >= 4 is 0 Å². The molecule has 0 saturated carbocycles. The molecule has 2 aromatic rings. The van der Waals surface area contributed by atoms with Gasteiger partial charge in [-0.3, -0.25) is 0 Å². The van der Waals surface area contributed by atoms with Crippen LogP contribution < -0.4 is 5.73 Å². The predicted octanol–water partition coefficient (Wildman–Crippen LogP) is 0.657. The van der Waals surface area contributed by atoms with E-state index in [2.05, 4.69) is 9.97 Å². The second-order valence-electron chi connectivity index (χ2n) is 3.40. The SMILES string of the molecule is N#Cc1cc(Cn2cnc(CN)c2)ccn1. The van der Waals surface area contributed by atoms with Gasteiger partial charge >= 0.3 is 0 Å². The van der Waals surface area contributed by atoms with Gasteiger partial charge in [-0.05, 0) is 17.7 Å². The second-order valence-corrected chi connectivity index (χ2v) is 3.40. The predicted molar refractivity (Wildman–Crippen MR) is 58.2 cm³/mol. The fraction of sp³-hybridized carbons (Fsp3) is 0.182. The van der Waals surface area contributed by atoms with Crippen LogP contribution in [0.1, 0.15) is 17.0 Å². The van der Waals surface area contributed by atoms with E-state index in [1.54, 1.807) is 18.6 Å². The summed E-state index contributed by atoms with van der Waals surface area (Å²) in [6.45, 7) is 1.11. The summed E-state index contributed by atoms with van der Waals surface area (Å²) in [5, 5.41) is 8.72. The van der Waals surface area contributed by atoms with Crippen molar-refractivity contribution in [1.29, 1.82) is 5.26 Å². The molecule has 2 heterocycles. The third-order valence-corrected chi connectivity index (χ3v) is 2.20. The molecule has 16 heavy (non-hydrogen) atoms. The van der Waals surface area contributed by atoms with Crippen LogP contribution in [-0.4, -0.2) is 14.5 Å². The van der Waals surface area contributed by atoms with Crippen molar-refractivity contribution < 1.29 is 0 Å². The molecule has 0 bridgehead atoms. The molecular formula is C11H11N5. The first-order valence-corrected chi connectivity index (χ1v) is 4.87. The van der Waals surface area contributed by atoms with Crippen molar-refractivity contribution in [2.75, 3.05) is 0 Å². The molecule has 2 N–H and O–H groups in total. The van der Waals surface area contributed by atoms with Gasteiger partial charge in [0.05, 0.1) is 12.0 Å². The Balaban J connectivity index is 2.17. The third-order valence-electron chi connectivity index (χ3n) is 2.20. The highest BCUT2D eigenvalue weighted by atomic mass is 15.0. The van der Waals surface area contributed by atoms with Crippen LogP contribution in [0.15, 0.2) is 30.9 Å². The van der Waals surface area contributed by atoms with E-state index in [0.29, 0.717) is 18.8 Å². The molecule has 0 fully saturated rings. The van der Waals surface area contributed by atoms with Gasteiger partial charge in [0, 0.05) is 25.5 Å². The molecule has 2 aromatic heterocycles. The summed E-state index contributed by atoms with van der Waals surface area (Å²) in [4.78, 5) is 8.05. The third kappa shape index (κ3) is 2.24. The minimum absolute atomic E-state index is 0.427. The Hall–Kier alpha value is -2.19. The van der Waals surface area contributed by atoms with Crippen molar-refractivity contribution in [2.45, 2.75) is 13.1 Å². The standard InChI is InChI=1S/C11H11N5/c12-4-10-3-9(1-2-14-10)6-16-7-11(5-13)15-8-16/h1-3,7-8H,5-6,13H2. The Bertz CT molecular complexity index is 523. The number of nitriles is 1. The van der Waals surface area contributed by atoms with E-state index in [9.17, 15) is 0 Å². The maximum Gasteiger partial charge on any atom is 0.140 e. The molecule has 80 valence electrons. The summed E-state index contributed by atoms with van der Waals surface area (Å²) in [6, 6.07) is 5.66. The van der Waals surface area contributed by atoms with Gasteiger partial charge in [-0.15, -0.1) is 0 Å². The first-order valence-electron chi connectivity index (χ1n) is 4.87. The fourth-order valence-corrected chi connectivity index (χ4v) is 1.44. The van der Waals surface area contributed by atoms with Gasteiger partial charge in [0.25, 0.3) is 0 Å². The zero-order valence-corrected chi connectivity index (χ0v) is 8.67. The van der Waals surface area contributed by atoms with E-state index >= 15 is 0 Å². The molecule has 0 aliphatic carbocycles. The van der Waals surface area contributed by atoms with Crippen LogP contribution in [0.4, 0.5) is 0 Å². The molecule has 0 aromatic carbocycles. The quantitative estimate of drug-likeness (QED) is 0.812. The summed E-state index contributed by atoms with van der Waals surface area (Å²) in [7, 11) is 0. The summed E-state index contributed by atoms with van der Waals surface area (Å²) < 4.78 is 1.93. The molecule has 0 saturated heterocycles. The Morgan fingerprint density at radius 2 is 2.31 bits per heavy atom. The van der Waals surface area contributed by atoms with Crippen molar-refractivity contribution in [2.24, 2.45) is 5.73 Å². The Morgan fingerprint density at radius 3 is 3.00 bits per heavy atom. The average molecular weight is 213 g/mol. The lowest BCUT2D eigenvalue weighted by Gasteiger charge is -2.01. The minimum atomic E-state index is 0.427. The van der Waals surface area contributed by atoms with Crippen LogP contribution in [0.5, 0.6) is 0 Å². The smallest absolute Gasteiger partial charge is 0.140 e. The Morgan fingerprint density at radius 1 is 1.44 bits per heavy atom. The molecule has 2 rings (SSSR count). The van der Waals surface area contributed by atoms with E-state index < -0.39 is 0 Å². The number of pyridine rings is 1. The van der Waals surface area contributed by atoms with Crippen LogP contribution in [0, 0.1) is 11.3 Å². The van der Waals surface area contributed by atoms with E-state index in [0.717, 1.165) is 11.3 Å². The van der Waals surface area contributed by atoms with Gasteiger partial charge in [-0.1, -0.05) is 0 Å². The molecule has 5 nitrogen and oxygen atoms in total. The first kappa shape index (κ1) is 10.3. The van der Waals surface area contributed by atoms with Crippen LogP contribution in [-0.2, 0) is 13.1 Å². The summed E-state index contributed by atoms with van der Waals surface area (Å²) in [5.41, 5.74) is 7.78. The van der Waals surface area contributed by atoms with E-state index in [4.69, 9.17) is 11.0 Å². The van der Waals surface area contributed by atoms with Crippen molar-refractivity contribution in [3.8, 4) is 6.07 Å². The highest BCUT2D eigenvalue weighted by molar-refractivity contribution is 5.25. The molecule has 0 aliphatic heterocycles. The van der Waals surface area contributed by atoms with Crippen LogP contribution in [0.25, 0.3) is 0 Å². The largest absolute Gasteiger partial charge is 0.333 e. The number of nitrogens with two attached hydrogens (primary N) is 1. The van der Waals surface area contributed by atoms with Crippen molar-refractivity contribution in [1.82, 2.24) is 14.5 Å². The molecular weight excluding hydrogens is 202 g/mol. The second kappa shape index (κ2) is 4.55. The lowest BCUT2D eigenvalue weighted by Crippen LogP contribution is -1.99. The Labute approximate surface area is 93.2 Å². The van der Waals surface area contributed by atoms with Gasteiger partial charge in [0.15, 0.2) is 0 Å².